The first-order valence-electron chi connectivity index (χ1n) is 28.9. The smallest absolute Gasteiger partial charge is 0.321 e. The van der Waals surface area contributed by atoms with E-state index < -0.39 is 265 Å². The van der Waals surface area contributed by atoms with Crippen molar-refractivity contribution in [2.75, 3.05) is 37.9 Å². The minimum Gasteiger partial charge on any atom is -0.480 e. The van der Waals surface area contributed by atoms with Crippen molar-refractivity contribution in [2.45, 2.75) is 260 Å². The molecule has 89 heavy (non-hydrogen) atoms. The number of hydrogen-bond acceptors (Lipinski definition) is 37. The maximum Gasteiger partial charge on any atom is 0.321 e. The van der Waals surface area contributed by atoms with Gasteiger partial charge in [0.15, 0.2) is 44.0 Å². The minimum atomic E-state index is -2.24. The first kappa shape index (κ1) is 72.8. The molecule has 14 unspecified atom stereocenters. The van der Waals surface area contributed by atoms with Gasteiger partial charge in [-0.05, 0) is 25.7 Å². The Morgan fingerprint density at radius 2 is 0.584 bits per heavy atom. The SMILES string of the molecule is CCC1O[C@H]2O[C@@H]3C(CCC[C@@H](N)C(=O)O)O[C@@H](O[C@@H]4C(CO)O[C@H](O[C@@H]5C(CO)O[C@H](O[C@@H]6C(CO)O[C@H](O[C@@H]7C(CSC[C@@H](N)C(=O)O)O[C@H](O[C@@H]8C(CO)O[C@@H](O[C@H]1C(O)[C@@H]2O)[C@@H](O)C8O)C(O)[C@H]7O)C(O)[C@H]6O)C(O)[C@H]5O)[C@@H](O)C4O)[C@@H](O)C3O. The molecule has 24 N–H and O–H groups in total. The predicted octanol–water partition coefficient (Wildman–Crippen LogP) is -13.1. The highest BCUT2D eigenvalue weighted by Crippen LogP contribution is 2.40. The van der Waals surface area contributed by atoms with Gasteiger partial charge in [-0.25, -0.2) is 0 Å². The first-order valence-corrected chi connectivity index (χ1v) is 30.0. The van der Waals surface area contributed by atoms with Crippen LogP contribution in [0.1, 0.15) is 32.6 Å². The van der Waals surface area contributed by atoms with Crippen molar-refractivity contribution in [1.29, 1.82) is 0 Å². The molecule has 37 atom stereocenters. The molecule has 0 amide bonds. The number of ether oxygens (including phenoxy) is 14. The van der Waals surface area contributed by atoms with Crippen LogP contribution in [0.5, 0.6) is 0 Å². The lowest BCUT2D eigenvalue weighted by Crippen LogP contribution is -2.68. The van der Waals surface area contributed by atoms with Gasteiger partial charge >= 0.3 is 11.9 Å². The molecule has 21 heterocycles. The number of aliphatic hydroxyl groups is 18. The molecule has 0 radical (unpaired) electrons. The van der Waals surface area contributed by atoms with Gasteiger partial charge in [-0.15, -0.1) is 0 Å². The Balaban J connectivity index is 1.11. The van der Waals surface area contributed by atoms with Crippen molar-refractivity contribution in [1.82, 2.24) is 0 Å². The number of carboxylic acids is 2. The molecule has 21 fully saturated rings. The normalized spacial score (nSPS) is 50.1. The van der Waals surface area contributed by atoms with Crippen LogP contribution in [0.4, 0.5) is 0 Å². The van der Waals surface area contributed by atoms with Crippen molar-refractivity contribution in [3.8, 4) is 0 Å². The van der Waals surface area contributed by atoms with Gasteiger partial charge in [-0.1, -0.05) is 6.92 Å². The third-order valence-electron chi connectivity index (χ3n) is 16.9. The molecule has 0 spiro atoms. The molecule has 14 bridgehead atoms. The van der Waals surface area contributed by atoms with Crippen molar-refractivity contribution in [3.63, 3.8) is 0 Å². The summed E-state index contributed by atoms with van der Waals surface area (Å²) in [6.07, 6.45) is -69.7. The molecule has 21 saturated heterocycles. The van der Waals surface area contributed by atoms with Gasteiger partial charge in [0.1, 0.15) is 165 Å². The average Bonchev–Trinajstić information content (AvgIpc) is 1.60. The van der Waals surface area contributed by atoms with Gasteiger partial charge in [0, 0.05) is 11.5 Å². The topological polar surface area (TPSA) is 620 Å². The number of aliphatic carboxylic acids is 2. The Morgan fingerprint density at radius 3 is 0.854 bits per heavy atom. The molecule has 0 aromatic rings. The maximum atomic E-state index is 11.8. The summed E-state index contributed by atoms with van der Waals surface area (Å²) in [7, 11) is 0. The zero-order valence-corrected chi connectivity index (χ0v) is 48.3. The Hall–Kier alpha value is -2.07. The molecule has 0 aromatic heterocycles. The lowest BCUT2D eigenvalue weighted by molar-refractivity contribution is -0.395. The fourth-order valence-electron chi connectivity index (χ4n) is 11.7. The number of carboxylic acid groups (broad SMARTS) is 2. The molecule has 39 heteroatoms. The molecule has 516 valence electrons. The van der Waals surface area contributed by atoms with E-state index in [1.54, 1.807) is 0 Å². The third kappa shape index (κ3) is 15.8. The zero-order valence-electron chi connectivity index (χ0n) is 47.5. The number of aliphatic hydroxyl groups excluding tert-OH is 18. The van der Waals surface area contributed by atoms with E-state index in [4.69, 9.17) is 77.8 Å². The summed E-state index contributed by atoms with van der Waals surface area (Å²) in [5.74, 6) is -3.46. The standard InChI is InChI=1S/C50H84N2O36S/c1-2-14-35-21(57)28(64)44(75-14)83-36-15(5-3-4-12(51)42(71)72)76-45(29(65)22(36)58)84-37-16(6-53)78-47(31(67)24(37)60)85-38-17(7-54)79-48(32(68)25(38)61)86-39-18(8-55)80-49(33(69)26(39)62)88-41-20(11-89-10-13(52)43(73)74)81-50(34(70)27(41)63)87-40-19(9-56)77-46(82-35)30(66)23(40)59/h12-41,44-50,53-70H,2-11,51-52H2,1H3,(H,71,72)(H,73,74)/t12-,13-,14?,15?,16?,17?,18?,19?,20?,21?,22?,23?,24?,25-,26-,27-,28+,29+,30+,31+,32?,33?,34?,35-,36-,37-,38-,39-,40-,41-,44+,45+,46+,47-,48-,49-,50-/m1/s1. The van der Waals surface area contributed by atoms with Crippen molar-refractivity contribution in [2.24, 2.45) is 11.5 Å². The molecule has 21 aliphatic rings. The second kappa shape index (κ2) is 31.7. The van der Waals surface area contributed by atoms with E-state index in [9.17, 15) is 112 Å². The Morgan fingerprint density at radius 1 is 0.348 bits per heavy atom. The summed E-state index contributed by atoms with van der Waals surface area (Å²) < 4.78 is 82.6. The summed E-state index contributed by atoms with van der Waals surface area (Å²) >= 11 is 0.817. The highest BCUT2D eigenvalue weighted by atomic mass is 32.2. The second-order valence-electron chi connectivity index (χ2n) is 22.9. The molecule has 0 saturated carbocycles. The Labute approximate surface area is 509 Å². The van der Waals surface area contributed by atoms with Crippen molar-refractivity contribution < 1.29 is 178 Å². The van der Waals surface area contributed by atoms with Gasteiger partial charge in [0.25, 0.3) is 0 Å². The van der Waals surface area contributed by atoms with Gasteiger partial charge in [-0.3, -0.25) is 9.59 Å². The van der Waals surface area contributed by atoms with E-state index in [2.05, 4.69) is 0 Å². The summed E-state index contributed by atoms with van der Waals surface area (Å²) in [5.41, 5.74) is 11.5. The average molecular weight is 1320 g/mol. The van der Waals surface area contributed by atoms with Gasteiger partial charge < -0.3 is 180 Å². The molecule has 21 rings (SSSR count). The molecular formula is C50H84N2O36S. The molecule has 0 aromatic carbocycles. The zero-order chi connectivity index (χ0) is 65.2. The van der Waals surface area contributed by atoms with Crippen LogP contribution in [-0.4, -0.2) is 379 Å². The van der Waals surface area contributed by atoms with Crippen LogP contribution >= 0.6 is 11.8 Å². The second-order valence-corrected chi connectivity index (χ2v) is 23.9. The lowest BCUT2D eigenvalue weighted by atomic mass is 9.92. The monoisotopic (exact) mass is 1320 g/mol. The van der Waals surface area contributed by atoms with E-state index >= 15 is 0 Å². The van der Waals surface area contributed by atoms with Crippen LogP contribution in [0.25, 0.3) is 0 Å². The highest BCUT2D eigenvalue weighted by molar-refractivity contribution is 7.99. The number of carbonyl (C=O) groups is 2. The number of hydrogen-bond donors (Lipinski definition) is 22. The van der Waals surface area contributed by atoms with Crippen LogP contribution < -0.4 is 11.5 Å². The predicted molar refractivity (Wildman–Crippen MR) is 280 cm³/mol. The van der Waals surface area contributed by atoms with Gasteiger partial charge in [-0.2, -0.15) is 11.8 Å². The van der Waals surface area contributed by atoms with E-state index in [1.165, 1.54) is 6.92 Å². The quantitative estimate of drug-likeness (QED) is 0.0724. The van der Waals surface area contributed by atoms with Crippen molar-refractivity contribution >= 4 is 23.7 Å². The van der Waals surface area contributed by atoms with E-state index in [0.717, 1.165) is 11.8 Å². The Bertz CT molecular complexity index is 2190. The fraction of sp³-hybridized carbons (Fsp3) is 0.960. The Kier molecular flexibility index (Phi) is 25.9. The lowest BCUT2D eigenvalue weighted by Gasteiger charge is -2.50. The van der Waals surface area contributed by atoms with Crippen LogP contribution in [0, 0.1) is 0 Å². The van der Waals surface area contributed by atoms with E-state index in [-0.39, 0.29) is 37.2 Å². The van der Waals surface area contributed by atoms with E-state index in [1.807, 2.05) is 0 Å². The van der Waals surface area contributed by atoms with Crippen LogP contribution in [0.2, 0.25) is 0 Å². The summed E-state index contributed by atoms with van der Waals surface area (Å²) in [6.45, 7) is -2.72. The van der Waals surface area contributed by atoms with E-state index in [0.29, 0.717) is 0 Å². The molecule has 21 aliphatic heterocycles. The minimum absolute atomic E-state index is 0.0857. The largest absolute Gasteiger partial charge is 0.480 e. The van der Waals surface area contributed by atoms with Crippen LogP contribution in [0.3, 0.4) is 0 Å². The molecule has 0 aliphatic carbocycles. The number of thioether (sulfide) groups is 1. The third-order valence-corrected chi connectivity index (χ3v) is 18.0. The fourth-order valence-corrected chi connectivity index (χ4v) is 12.7. The van der Waals surface area contributed by atoms with Gasteiger partial charge in [0.2, 0.25) is 0 Å². The molecular weight excluding hydrogens is 1240 g/mol. The summed E-state index contributed by atoms with van der Waals surface area (Å²) in [5, 5.41) is 223. The number of rotatable bonds is 15. The van der Waals surface area contributed by atoms with Crippen LogP contribution in [-0.2, 0) is 75.9 Å². The van der Waals surface area contributed by atoms with Crippen molar-refractivity contribution in [3.05, 3.63) is 0 Å². The summed E-state index contributed by atoms with van der Waals surface area (Å²) in [6, 6.07) is -2.86. The van der Waals surface area contributed by atoms with Crippen LogP contribution in [0.15, 0.2) is 0 Å². The van der Waals surface area contributed by atoms with Gasteiger partial charge in [0.05, 0.1) is 44.7 Å². The summed E-state index contributed by atoms with van der Waals surface area (Å²) in [4.78, 5) is 23.3. The number of nitrogens with two attached hydrogens (primary N) is 2. The highest BCUT2D eigenvalue weighted by Gasteiger charge is 2.59. The maximum absolute atomic E-state index is 11.8. The molecule has 38 nitrogen and oxygen atoms in total. The first-order chi connectivity index (χ1) is 42.2.